The predicted octanol–water partition coefficient (Wildman–Crippen LogP) is 4.03. The maximum Gasteiger partial charge on any atom is 0.389 e. The topological polar surface area (TPSA) is 73.3 Å². The van der Waals surface area contributed by atoms with Crippen LogP contribution < -0.4 is 0 Å². The van der Waals surface area contributed by atoms with Crippen molar-refractivity contribution in [3.05, 3.63) is 34.7 Å². The highest BCUT2D eigenvalue weighted by molar-refractivity contribution is 7.91. The largest absolute Gasteiger partial charge is 0.466 e. The van der Waals surface area contributed by atoms with Crippen LogP contribution in [0.2, 0.25) is 0 Å². The number of halogens is 3. The van der Waals surface area contributed by atoms with Crippen molar-refractivity contribution in [2.45, 2.75) is 37.3 Å². The first-order valence-electron chi connectivity index (χ1n) is 8.10. The van der Waals surface area contributed by atoms with Gasteiger partial charge < -0.3 is 4.74 Å². The second-order valence-corrected chi connectivity index (χ2v) is 8.72. The van der Waals surface area contributed by atoms with Gasteiger partial charge in [-0.05, 0) is 25.5 Å². The van der Waals surface area contributed by atoms with E-state index in [4.69, 9.17) is 4.74 Å². The van der Waals surface area contributed by atoms with Crippen molar-refractivity contribution in [3.8, 4) is 11.3 Å². The van der Waals surface area contributed by atoms with Crippen LogP contribution in [-0.2, 0) is 25.8 Å². The van der Waals surface area contributed by atoms with Crippen molar-refractivity contribution in [1.29, 1.82) is 0 Å². The second-order valence-electron chi connectivity index (χ2n) is 5.67. The molecule has 0 bridgehead atoms. The Hall–Kier alpha value is -1.94. The molecule has 0 fully saturated rings. The Morgan fingerprint density at radius 3 is 2.48 bits per heavy atom. The number of esters is 1. The number of hydrogen-bond acceptors (Lipinski definition) is 6. The molecule has 0 N–H and O–H groups in total. The number of ether oxygens (including phenoxy) is 1. The summed E-state index contributed by atoms with van der Waals surface area (Å²) in [5.41, 5.74) is 1.23. The van der Waals surface area contributed by atoms with Gasteiger partial charge in [-0.2, -0.15) is 13.2 Å². The van der Waals surface area contributed by atoms with Crippen LogP contribution in [0.15, 0.2) is 34.5 Å². The number of benzene rings is 1. The number of thiazole rings is 1. The average Bonchev–Trinajstić information content (AvgIpc) is 3.02. The van der Waals surface area contributed by atoms with Gasteiger partial charge in [0.25, 0.3) is 0 Å². The fraction of sp³-hybridized carbons (Fsp3) is 0.412. The van der Waals surface area contributed by atoms with Crippen molar-refractivity contribution >= 4 is 27.1 Å². The number of alkyl halides is 3. The zero-order valence-electron chi connectivity index (χ0n) is 14.5. The Morgan fingerprint density at radius 1 is 1.22 bits per heavy atom. The van der Waals surface area contributed by atoms with E-state index in [1.807, 2.05) is 0 Å². The van der Waals surface area contributed by atoms with Crippen LogP contribution in [0.4, 0.5) is 13.2 Å². The first kappa shape index (κ1) is 21.4. The normalized spacial score (nSPS) is 12.1. The molecule has 1 aromatic heterocycles. The molecule has 2 aromatic rings. The monoisotopic (exact) mass is 421 g/mol. The summed E-state index contributed by atoms with van der Waals surface area (Å²) in [7, 11) is -3.78. The zero-order chi connectivity index (χ0) is 20.1. The predicted molar refractivity (Wildman–Crippen MR) is 95.2 cm³/mol. The van der Waals surface area contributed by atoms with Crippen LogP contribution in [0.5, 0.6) is 0 Å². The first-order chi connectivity index (χ1) is 12.6. The van der Waals surface area contributed by atoms with Gasteiger partial charge in [-0.3, -0.25) is 4.79 Å². The van der Waals surface area contributed by atoms with Gasteiger partial charge in [0.1, 0.15) is 5.01 Å². The van der Waals surface area contributed by atoms with E-state index in [9.17, 15) is 26.4 Å². The average molecular weight is 421 g/mol. The number of sulfone groups is 1. The molecule has 0 aliphatic carbocycles. The molecule has 1 heterocycles. The van der Waals surface area contributed by atoms with Crippen molar-refractivity contribution in [1.82, 2.24) is 4.98 Å². The van der Waals surface area contributed by atoms with Crippen molar-refractivity contribution in [2.75, 3.05) is 12.4 Å². The van der Waals surface area contributed by atoms with Crippen LogP contribution in [0.3, 0.4) is 0 Å². The van der Waals surface area contributed by atoms with Gasteiger partial charge in [-0.25, -0.2) is 13.4 Å². The molecule has 5 nitrogen and oxygen atoms in total. The van der Waals surface area contributed by atoms with E-state index in [1.165, 1.54) is 23.5 Å². The number of hydrogen-bond donors (Lipinski definition) is 0. The van der Waals surface area contributed by atoms with Crippen LogP contribution in [0, 0.1) is 0 Å². The minimum atomic E-state index is -4.37. The molecule has 1 aromatic carbocycles. The fourth-order valence-corrected chi connectivity index (χ4v) is 4.37. The van der Waals surface area contributed by atoms with Gasteiger partial charge in [0, 0.05) is 17.4 Å². The fourth-order valence-electron chi connectivity index (χ4n) is 2.27. The summed E-state index contributed by atoms with van der Waals surface area (Å²) in [4.78, 5) is 15.8. The molecule has 0 spiro atoms. The van der Waals surface area contributed by atoms with Crippen LogP contribution in [-0.4, -0.2) is 37.9 Å². The molecule has 0 aliphatic heterocycles. The van der Waals surface area contributed by atoms with Gasteiger partial charge in [0.05, 0.1) is 29.4 Å². The number of rotatable bonds is 8. The van der Waals surface area contributed by atoms with Gasteiger partial charge in [0.15, 0.2) is 9.84 Å². The lowest BCUT2D eigenvalue weighted by Gasteiger charge is -2.07. The minimum Gasteiger partial charge on any atom is -0.466 e. The van der Waals surface area contributed by atoms with Crippen molar-refractivity contribution in [3.63, 3.8) is 0 Å². The van der Waals surface area contributed by atoms with Crippen molar-refractivity contribution in [2.24, 2.45) is 0 Å². The lowest BCUT2D eigenvalue weighted by molar-refractivity contribution is -0.142. The van der Waals surface area contributed by atoms with Crippen molar-refractivity contribution < 1.29 is 31.1 Å². The van der Waals surface area contributed by atoms with Gasteiger partial charge in [-0.15, -0.1) is 11.3 Å². The first-order valence-corrected chi connectivity index (χ1v) is 10.6. The molecule has 0 aliphatic rings. The Kier molecular flexibility index (Phi) is 6.99. The molecule has 2 rings (SSSR count). The summed E-state index contributed by atoms with van der Waals surface area (Å²) >= 11 is 1.28. The SMILES string of the molecule is CCOC(=O)Cc1nc(-c2ccc(S(=O)(=O)CCCC(F)(F)F)cc2)cs1. The van der Waals surface area contributed by atoms with Gasteiger partial charge in [-0.1, -0.05) is 12.1 Å². The highest BCUT2D eigenvalue weighted by Crippen LogP contribution is 2.26. The Balaban J connectivity index is 2.04. The van der Waals surface area contributed by atoms with E-state index in [-0.39, 0.29) is 23.9 Å². The smallest absolute Gasteiger partial charge is 0.389 e. The summed E-state index contributed by atoms with van der Waals surface area (Å²) < 4.78 is 65.6. The molecule has 0 saturated carbocycles. The third kappa shape index (κ3) is 6.62. The van der Waals surface area contributed by atoms with E-state index >= 15 is 0 Å². The van der Waals surface area contributed by atoms with Crippen LogP contribution in [0.1, 0.15) is 24.8 Å². The summed E-state index contributed by atoms with van der Waals surface area (Å²) in [5.74, 6) is -0.939. The molecule has 0 atom stereocenters. The van der Waals surface area contributed by atoms with E-state index in [0.29, 0.717) is 16.3 Å². The van der Waals surface area contributed by atoms with Crippen LogP contribution >= 0.6 is 11.3 Å². The van der Waals surface area contributed by atoms with Crippen LogP contribution in [0.25, 0.3) is 11.3 Å². The third-order valence-electron chi connectivity index (χ3n) is 3.54. The lowest BCUT2D eigenvalue weighted by Crippen LogP contribution is -2.12. The number of aromatic nitrogens is 1. The molecule has 0 amide bonds. The molecule has 0 saturated heterocycles. The minimum absolute atomic E-state index is 0.0320. The number of nitrogens with zero attached hydrogens (tertiary/aromatic N) is 1. The molecular weight excluding hydrogens is 403 g/mol. The Morgan fingerprint density at radius 2 is 1.89 bits per heavy atom. The summed E-state index contributed by atoms with van der Waals surface area (Å²) in [6.45, 7) is 2.00. The quantitative estimate of drug-likeness (QED) is 0.602. The summed E-state index contributed by atoms with van der Waals surface area (Å²) in [5, 5.41) is 2.31. The molecule has 10 heteroatoms. The lowest BCUT2D eigenvalue weighted by atomic mass is 10.2. The summed E-state index contributed by atoms with van der Waals surface area (Å²) in [6, 6.07) is 5.78. The maximum atomic E-state index is 12.2. The molecule has 0 unspecified atom stereocenters. The van der Waals surface area contributed by atoms with E-state index < -0.39 is 34.6 Å². The molecule has 148 valence electrons. The van der Waals surface area contributed by atoms with E-state index in [0.717, 1.165) is 0 Å². The number of carbonyl (C=O) groups is 1. The van der Waals surface area contributed by atoms with E-state index in [1.54, 1.807) is 24.4 Å². The van der Waals surface area contributed by atoms with Gasteiger partial charge in [0.2, 0.25) is 0 Å². The Labute approximate surface area is 159 Å². The Bertz CT molecular complexity index is 874. The highest BCUT2D eigenvalue weighted by Gasteiger charge is 2.27. The zero-order valence-corrected chi connectivity index (χ0v) is 16.1. The van der Waals surface area contributed by atoms with Gasteiger partial charge >= 0.3 is 12.1 Å². The maximum absolute atomic E-state index is 12.2. The number of carbonyl (C=O) groups excluding carboxylic acids is 1. The molecule has 27 heavy (non-hydrogen) atoms. The second kappa shape index (κ2) is 8.83. The highest BCUT2D eigenvalue weighted by atomic mass is 32.2. The standard InChI is InChI=1S/C17H18F3NO4S2/c1-2-25-16(22)10-15-21-14(11-26-15)12-4-6-13(7-5-12)27(23,24)9-3-8-17(18,19)20/h4-7,11H,2-3,8-10H2,1H3. The molecule has 0 radical (unpaired) electrons. The summed E-state index contributed by atoms with van der Waals surface area (Å²) in [6.07, 6.45) is -5.92. The third-order valence-corrected chi connectivity index (χ3v) is 6.20. The van der Waals surface area contributed by atoms with E-state index in [2.05, 4.69) is 4.98 Å². The molecular formula is C17H18F3NO4S2.